The monoisotopic (exact) mass is 562 g/mol. The van der Waals surface area contributed by atoms with Gasteiger partial charge in [-0.3, -0.25) is 4.79 Å². The molecule has 0 aliphatic carbocycles. The van der Waals surface area contributed by atoms with Crippen LogP contribution < -0.4 is 0 Å². The molecule has 1 aliphatic heterocycles. The Balaban J connectivity index is 1.91. The fourth-order valence-electron chi connectivity index (χ4n) is 3.80. The predicted molar refractivity (Wildman–Crippen MR) is 137 cm³/mol. The number of benzene rings is 2. The van der Waals surface area contributed by atoms with E-state index in [9.17, 15) is 22.2 Å². The second kappa shape index (κ2) is 10.7. The maximum atomic E-state index is 14.2. The van der Waals surface area contributed by atoms with Crippen LogP contribution in [0.5, 0.6) is 0 Å². The molecule has 0 saturated carbocycles. The van der Waals surface area contributed by atoms with Crippen molar-refractivity contribution >= 4 is 44.5 Å². The molecule has 0 saturated heterocycles. The average molecular weight is 563 g/mol. The van der Waals surface area contributed by atoms with Crippen LogP contribution in [0.25, 0.3) is 0 Å². The van der Waals surface area contributed by atoms with E-state index in [4.69, 9.17) is 28.0 Å². The lowest BCUT2D eigenvalue weighted by molar-refractivity contribution is -0.275. The summed E-state index contributed by atoms with van der Waals surface area (Å²) in [5.41, 5.74) is -1.90. The van der Waals surface area contributed by atoms with E-state index in [1.54, 1.807) is 19.9 Å². The molecule has 5 nitrogen and oxygen atoms in total. The van der Waals surface area contributed by atoms with Gasteiger partial charge < -0.3 is 4.84 Å². The van der Waals surface area contributed by atoms with E-state index in [0.717, 1.165) is 12.1 Å². The van der Waals surface area contributed by atoms with Gasteiger partial charge in [-0.25, -0.2) is 4.21 Å². The molecule has 0 fully saturated rings. The van der Waals surface area contributed by atoms with Gasteiger partial charge in [-0.15, -0.1) is 0 Å². The third kappa shape index (κ3) is 6.06. The summed E-state index contributed by atoms with van der Waals surface area (Å²) in [7, 11) is -2.70. The van der Waals surface area contributed by atoms with Gasteiger partial charge in [-0.2, -0.15) is 17.5 Å². The molecule has 0 N–H and O–H groups in total. The van der Waals surface area contributed by atoms with Gasteiger partial charge in [0.15, 0.2) is 0 Å². The van der Waals surface area contributed by atoms with E-state index in [1.807, 2.05) is 13.8 Å². The second-order valence-corrected chi connectivity index (χ2v) is 12.7. The number of nitrogens with zero attached hydrogens (tertiary/aromatic N) is 2. The number of carbonyl (C=O) groups is 1. The molecule has 196 valence electrons. The van der Waals surface area contributed by atoms with Crippen molar-refractivity contribution < 1.29 is 27.0 Å². The first kappa shape index (κ1) is 28.5. The highest BCUT2D eigenvalue weighted by atomic mass is 35.5. The van der Waals surface area contributed by atoms with Crippen LogP contribution in [0.2, 0.25) is 10.0 Å². The molecule has 2 aromatic carbocycles. The predicted octanol–water partition coefficient (Wildman–Crippen LogP) is 7.56. The Morgan fingerprint density at radius 2 is 1.83 bits per heavy atom. The van der Waals surface area contributed by atoms with Gasteiger partial charge in [0.25, 0.3) is 11.5 Å². The number of aryl methyl sites for hydroxylation is 1. The first-order chi connectivity index (χ1) is 16.7. The quantitative estimate of drug-likeness (QED) is 0.349. The summed E-state index contributed by atoms with van der Waals surface area (Å²) in [6, 6.07) is 8.12. The number of halogens is 5. The zero-order valence-corrected chi connectivity index (χ0v) is 22.6. The van der Waals surface area contributed by atoms with Crippen LogP contribution in [0.3, 0.4) is 0 Å². The number of hydrogen-bond acceptors (Lipinski definition) is 4. The Hall–Kier alpha value is -2.10. The molecule has 2 unspecified atom stereocenters. The summed E-state index contributed by atoms with van der Waals surface area (Å²) in [5.74, 6) is 0.289. The molecular formula is C25H27Cl2F3N2O3S. The minimum atomic E-state index is -4.81. The summed E-state index contributed by atoms with van der Waals surface area (Å²) in [6.07, 6.45) is -4.74. The van der Waals surface area contributed by atoms with Crippen molar-refractivity contribution in [3.8, 4) is 0 Å². The second-order valence-electron chi connectivity index (χ2n) is 9.16. The third-order valence-corrected chi connectivity index (χ3v) is 8.73. The van der Waals surface area contributed by atoms with Crippen LogP contribution in [-0.4, -0.2) is 33.5 Å². The molecule has 11 heteroatoms. The van der Waals surface area contributed by atoms with E-state index >= 15 is 0 Å². The van der Waals surface area contributed by atoms with Gasteiger partial charge in [0.1, 0.15) is 0 Å². The molecule has 1 heterocycles. The topological polar surface area (TPSA) is 68.1 Å². The number of alkyl halides is 3. The van der Waals surface area contributed by atoms with E-state index < -0.39 is 33.8 Å². The van der Waals surface area contributed by atoms with E-state index in [2.05, 4.69) is 9.52 Å². The highest BCUT2D eigenvalue weighted by molar-refractivity contribution is 7.93. The van der Waals surface area contributed by atoms with Crippen molar-refractivity contribution in [1.82, 2.24) is 0 Å². The zero-order chi connectivity index (χ0) is 26.9. The van der Waals surface area contributed by atoms with Crippen LogP contribution in [0.1, 0.15) is 60.7 Å². The minimum absolute atomic E-state index is 0.0395. The van der Waals surface area contributed by atoms with Gasteiger partial charge in [-0.1, -0.05) is 55.2 Å². The molecule has 0 aromatic heterocycles. The van der Waals surface area contributed by atoms with Gasteiger partial charge in [0.05, 0.1) is 15.4 Å². The molecule has 1 aliphatic rings. The fraction of sp³-hybridized carbons (Fsp3) is 0.440. The summed E-state index contributed by atoms with van der Waals surface area (Å²) in [4.78, 5) is 17.9. The van der Waals surface area contributed by atoms with Crippen LogP contribution in [0.4, 0.5) is 13.2 Å². The first-order valence-electron chi connectivity index (χ1n) is 11.4. The number of carbonyl (C=O) groups excluding carboxylic acids is 1. The highest BCUT2D eigenvalue weighted by Crippen LogP contribution is 2.49. The van der Waals surface area contributed by atoms with Crippen LogP contribution in [-0.2, 0) is 20.2 Å². The van der Waals surface area contributed by atoms with Gasteiger partial charge in [-0.05, 0) is 60.7 Å². The number of rotatable bonds is 7. The average Bonchev–Trinajstić information content (AvgIpc) is 3.24. The molecule has 0 bridgehead atoms. The lowest BCUT2D eigenvalue weighted by Crippen LogP contribution is -2.42. The largest absolute Gasteiger partial charge is 0.435 e. The van der Waals surface area contributed by atoms with Crippen molar-refractivity contribution in [1.29, 1.82) is 0 Å². The lowest BCUT2D eigenvalue weighted by Gasteiger charge is -2.29. The van der Waals surface area contributed by atoms with Gasteiger partial charge in [0.2, 0.25) is 0 Å². The normalized spacial score (nSPS) is 19.6. The van der Waals surface area contributed by atoms with Gasteiger partial charge in [0, 0.05) is 39.1 Å². The number of oxime groups is 1. The Morgan fingerprint density at radius 3 is 2.36 bits per heavy atom. The first-order valence-corrected chi connectivity index (χ1v) is 14.0. The zero-order valence-electron chi connectivity index (χ0n) is 20.3. The molecule has 0 spiro atoms. The lowest BCUT2D eigenvalue weighted by atomic mass is 9.86. The Labute approximate surface area is 219 Å². The summed E-state index contributed by atoms with van der Waals surface area (Å²) < 4.78 is 59.8. The van der Waals surface area contributed by atoms with Crippen molar-refractivity contribution in [3.05, 3.63) is 68.7 Å². The Kier molecular flexibility index (Phi) is 8.47. The van der Waals surface area contributed by atoms with Crippen LogP contribution >= 0.6 is 23.2 Å². The highest BCUT2D eigenvalue weighted by Gasteiger charge is 2.62. The van der Waals surface area contributed by atoms with E-state index in [-0.39, 0.29) is 32.6 Å². The van der Waals surface area contributed by atoms with Crippen molar-refractivity contribution in [2.75, 3.05) is 11.5 Å². The van der Waals surface area contributed by atoms with Gasteiger partial charge >= 0.3 is 6.18 Å². The molecule has 0 radical (unpaired) electrons. The summed E-state index contributed by atoms with van der Waals surface area (Å²) in [6.45, 7) is 7.38. The molecule has 2 aromatic rings. The van der Waals surface area contributed by atoms with E-state index in [1.165, 1.54) is 18.2 Å². The standard InChI is InChI=1S/C25H27Cl2F3N2O3S/c1-5-36(34,9-8-15(2)3)32-23(33)21-7-6-17(10-16(21)4)22-14-24(35-31-22,25(28,29)30)18-11-19(26)13-20(27)12-18/h6-7,10-13,15H,5,8-9,14H2,1-4H3. The maximum Gasteiger partial charge on any atom is 0.435 e. The fourth-order valence-corrected chi connectivity index (χ4v) is 6.08. The SMILES string of the molecule is CCS(=O)(CCC(C)C)=NC(=O)c1ccc(C2=NOC(c3cc(Cl)cc(Cl)c3)(C(F)(F)F)C2)cc1C. The maximum absolute atomic E-state index is 14.2. The van der Waals surface area contributed by atoms with Crippen LogP contribution in [0, 0.1) is 12.8 Å². The smallest absolute Gasteiger partial charge is 0.374 e. The summed E-state index contributed by atoms with van der Waals surface area (Å²) >= 11 is 11.9. The molecule has 3 rings (SSSR count). The van der Waals surface area contributed by atoms with Crippen molar-refractivity contribution in [2.45, 2.75) is 52.3 Å². The summed E-state index contributed by atoms with van der Waals surface area (Å²) in [5, 5.41) is 3.83. The third-order valence-electron chi connectivity index (χ3n) is 6.02. The molecule has 36 heavy (non-hydrogen) atoms. The minimum Gasteiger partial charge on any atom is -0.374 e. The molecular weight excluding hydrogens is 536 g/mol. The van der Waals surface area contributed by atoms with Crippen LogP contribution in [0.15, 0.2) is 45.9 Å². The van der Waals surface area contributed by atoms with Crippen molar-refractivity contribution in [2.24, 2.45) is 15.4 Å². The van der Waals surface area contributed by atoms with E-state index in [0.29, 0.717) is 29.2 Å². The Morgan fingerprint density at radius 1 is 1.19 bits per heavy atom. The number of amides is 1. The Bertz CT molecular complexity index is 1300. The number of hydrogen-bond donors (Lipinski definition) is 0. The van der Waals surface area contributed by atoms with Crippen molar-refractivity contribution in [3.63, 3.8) is 0 Å². The molecule has 1 amide bonds. The molecule has 2 atom stereocenters.